The van der Waals surface area contributed by atoms with E-state index in [4.69, 9.17) is 0 Å². The van der Waals surface area contributed by atoms with Crippen LogP contribution in [0.15, 0.2) is 48.5 Å². The van der Waals surface area contributed by atoms with Gasteiger partial charge in [-0.15, -0.1) is 0 Å². The first kappa shape index (κ1) is 21.2. The molecule has 1 heterocycles. The molecule has 0 bridgehead atoms. The fourth-order valence-corrected chi connectivity index (χ4v) is 3.21. The second-order valence-corrected chi connectivity index (χ2v) is 7.05. The van der Waals surface area contributed by atoms with Crippen LogP contribution in [0.2, 0.25) is 0 Å². The highest BCUT2D eigenvalue weighted by Crippen LogP contribution is 2.30. The van der Waals surface area contributed by atoms with Crippen molar-refractivity contribution in [3.63, 3.8) is 0 Å². The first-order chi connectivity index (χ1) is 14.2. The number of alkyl halides is 2. The van der Waals surface area contributed by atoms with Gasteiger partial charge in [0.15, 0.2) is 0 Å². The van der Waals surface area contributed by atoms with Crippen LogP contribution in [0.5, 0.6) is 5.75 Å². The Hall–Kier alpha value is -3.49. The number of benzene rings is 2. The molecule has 9 heteroatoms. The number of halogens is 2. The van der Waals surface area contributed by atoms with Gasteiger partial charge in [-0.2, -0.15) is 8.78 Å². The molecule has 1 atom stereocenters. The van der Waals surface area contributed by atoms with E-state index >= 15 is 0 Å². The fourth-order valence-electron chi connectivity index (χ4n) is 3.21. The van der Waals surface area contributed by atoms with Gasteiger partial charge in [-0.3, -0.25) is 14.5 Å². The molecule has 0 aromatic heterocycles. The van der Waals surface area contributed by atoms with E-state index in [1.54, 1.807) is 0 Å². The number of carbonyl (C=O) groups excluding carboxylic acids is 3. The molecular formula is C21H21F2N3O4. The maximum atomic E-state index is 12.9. The Balaban J connectivity index is 1.66. The highest BCUT2D eigenvalue weighted by atomic mass is 19.3. The number of ether oxygens (including phenoxy) is 1. The van der Waals surface area contributed by atoms with Crippen LogP contribution in [0.4, 0.5) is 13.6 Å². The van der Waals surface area contributed by atoms with E-state index in [-0.39, 0.29) is 12.3 Å². The second-order valence-electron chi connectivity index (χ2n) is 7.05. The zero-order valence-electron chi connectivity index (χ0n) is 16.4. The Kier molecular flexibility index (Phi) is 6.00. The largest absolute Gasteiger partial charge is 0.435 e. The number of nitrogens with zero attached hydrogens (tertiary/aromatic N) is 1. The van der Waals surface area contributed by atoms with Gasteiger partial charge in [-0.1, -0.05) is 36.4 Å². The number of imide groups is 1. The van der Waals surface area contributed by atoms with Crippen molar-refractivity contribution in [2.45, 2.75) is 32.5 Å². The summed E-state index contributed by atoms with van der Waals surface area (Å²) in [6, 6.07) is 12.2. The monoisotopic (exact) mass is 417 g/mol. The molecule has 0 saturated carbocycles. The van der Waals surface area contributed by atoms with E-state index in [0.29, 0.717) is 5.56 Å². The summed E-state index contributed by atoms with van der Waals surface area (Å²) in [4.78, 5) is 38.3. The summed E-state index contributed by atoms with van der Waals surface area (Å²) in [5.41, 5.74) is 0.903. The predicted molar refractivity (Wildman–Crippen MR) is 104 cm³/mol. The van der Waals surface area contributed by atoms with Gasteiger partial charge in [-0.05, 0) is 42.7 Å². The second kappa shape index (κ2) is 8.48. The highest BCUT2D eigenvalue weighted by Gasteiger charge is 2.49. The minimum Gasteiger partial charge on any atom is -0.435 e. The van der Waals surface area contributed by atoms with Gasteiger partial charge in [0.2, 0.25) is 5.91 Å². The van der Waals surface area contributed by atoms with Crippen LogP contribution in [-0.4, -0.2) is 35.9 Å². The lowest BCUT2D eigenvalue weighted by atomic mass is 9.92. The van der Waals surface area contributed by atoms with E-state index < -0.39 is 36.5 Å². The molecule has 4 amide bonds. The summed E-state index contributed by atoms with van der Waals surface area (Å²) >= 11 is 0. The van der Waals surface area contributed by atoms with E-state index in [2.05, 4.69) is 15.4 Å². The first-order valence-electron chi connectivity index (χ1n) is 9.21. The van der Waals surface area contributed by atoms with Crippen molar-refractivity contribution in [2.75, 3.05) is 6.54 Å². The van der Waals surface area contributed by atoms with Crippen LogP contribution in [0.25, 0.3) is 0 Å². The topological polar surface area (TPSA) is 87.7 Å². The molecule has 1 saturated heterocycles. The number of carbonyl (C=O) groups is 3. The summed E-state index contributed by atoms with van der Waals surface area (Å²) in [5, 5.41) is 5.26. The van der Waals surface area contributed by atoms with Crippen LogP contribution in [0.3, 0.4) is 0 Å². The molecule has 158 valence electrons. The van der Waals surface area contributed by atoms with Gasteiger partial charge in [0.1, 0.15) is 17.8 Å². The van der Waals surface area contributed by atoms with Gasteiger partial charge in [0, 0.05) is 6.54 Å². The Morgan fingerprint density at radius 2 is 1.83 bits per heavy atom. The standard InChI is InChI=1S/C21H21F2N3O4/c1-13-5-3-4-6-14(13)11-24-17(27)12-26-18(28)21(2,25-20(26)29)15-7-9-16(10-8-15)30-19(22)23/h3-10,19H,11-12H2,1-2H3,(H,24,27)(H,25,29)/t21-/m1/s1. The number of hydrogen-bond acceptors (Lipinski definition) is 4. The zero-order chi connectivity index (χ0) is 21.9. The lowest BCUT2D eigenvalue weighted by molar-refractivity contribution is -0.134. The predicted octanol–water partition coefficient (Wildman–Crippen LogP) is 2.68. The summed E-state index contributed by atoms with van der Waals surface area (Å²) < 4.78 is 28.9. The Labute approximate surface area is 172 Å². The molecule has 0 unspecified atom stereocenters. The minimum atomic E-state index is -2.96. The number of rotatable bonds is 7. The van der Waals surface area contributed by atoms with Gasteiger partial charge in [0.25, 0.3) is 5.91 Å². The molecule has 1 aliphatic heterocycles. The average Bonchev–Trinajstić information content (AvgIpc) is 2.91. The van der Waals surface area contributed by atoms with Crippen LogP contribution >= 0.6 is 0 Å². The van der Waals surface area contributed by atoms with Crippen molar-refractivity contribution in [1.82, 2.24) is 15.5 Å². The smallest absolute Gasteiger partial charge is 0.387 e. The van der Waals surface area contributed by atoms with E-state index in [9.17, 15) is 23.2 Å². The van der Waals surface area contributed by atoms with Crippen molar-refractivity contribution >= 4 is 17.8 Å². The normalized spacial score (nSPS) is 18.5. The SMILES string of the molecule is Cc1ccccc1CNC(=O)CN1C(=O)N[C@](C)(c2ccc(OC(F)F)cc2)C1=O. The third-order valence-corrected chi connectivity index (χ3v) is 4.97. The van der Waals surface area contributed by atoms with Crippen molar-refractivity contribution in [2.24, 2.45) is 0 Å². The number of aryl methyl sites for hydroxylation is 1. The molecule has 0 radical (unpaired) electrons. The van der Waals surface area contributed by atoms with Gasteiger partial charge in [-0.25, -0.2) is 4.79 Å². The molecule has 2 aromatic carbocycles. The Morgan fingerprint density at radius 1 is 1.17 bits per heavy atom. The number of nitrogens with one attached hydrogen (secondary N) is 2. The van der Waals surface area contributed by atoms with Crippen LogP contribution in [0.1, 0.15) is 23.6 Å². The van der Waals surface area contributed by atoms with Crippen molar-refractivity contribution in [3.05, 3.63) is 65.2 Å². The molecule has 7 nitrogen and oxygen atoms in total. The molecule has 3 rings (SSSR count). The van der Waals surface area contributed by atoms with E-state index in [1.165, 1.54) is 31.2 Å². The third kappa shape index (κ3) is 4.40. The van der Waals surface area contributed by atoms with E-state index in [1.807, 2.05) is 31.2 Å². The number of hydrogen-bond donors (Lipinski definition) is 2. The molecule has 2 N–H and O–H groups in total. The maximum Gasteiger partial charge on any atom is 0.387 e. The van der Waals surface area contributed by atoms with Crippen LogP contribution in [0, 0.1) is 6.92 Å². The van der Waals surface area contributed by atoms with Crippen molar-refractivity contribution in [3.8, 4) is 5.75 Å². The van der Waals surface area contributed by atoms with Crippen LogP contribution < -0.4 is 15.4 Å². The zero-order valence-corrected chi connectivity index (χ0v) is 16.4. The highest BCUT2D eigenvalue weighted by molar-refractivity contribution is 6.09. The molecule has 2 aromatic rings. The molecular weight excluding hydrogens is 396 g/mol. The first-order valence-corrected chi connectivity index (χ1v) is 9.21. The fraction of sp³-hybridized carbons (Fsp3) is 0.286. The average molecular weight is 417 g/mol. The number of amides is 4. The van der Waals surface area contributed by atoms with Crippen molar-refractivity contribution < 1.29 is 27.9 Å². The summed E-state index contributed by atoms with van der Waals surface area (Å²) in [7, 11) is 0. The molecule has 30 heavy (non-hydrogen) atoms. The summed E-state index contributed by atoms with van der Waals surface area (Å²) in [5.74, 6) is -1.16. The Bertz CT molecular complexity index is 965. The molecule has 0 spiro atoms. The van der Waals surface area contributed by atoms with Gasteiger partial charge in [0.05, 0.1) is 0 Å². The molecule has 0 aliphatic carbocycles. The van der Waals surface area contributed by atoms with Crippen molar-refractivity contribution in [1.29, 1.82) is 0 Å². The van der Waals surface area contributed by atoms with Crippen LogP contribution in [-0.2, 0) is 21.7 Å². The van der Waals surface area contributed by atoms with E-state index in [0.717, 1.165) is 16.0 Å². The lowest BCUT2D eigenvalue weighted by Gasteiger charge is -2.22. The Morgan fingerprint density at radius 3 is 2.47 bits per heavy atom. The van der Waals surface area contributed by atoms with Gasteiger partial charge < -0.3 is 15.4 Å². The van der Waals surface area contributed by atoms with Gasteiger partial charge >= 0.3 is 12.6 Å². The quantitative estimate of drug-likeness (QED) is 0.678. The molecule has 1 aliphatic rings. The summed E-state index contributed by atoms with van der Waals surface area (Å²) in [6.45, 7) is 0.285. The maximum absolute atomic E-state index is 12.9. The lowest BCUT2D eigenvalue weighted by Crippen LogP contribution is -2.43. The molecule has 1 fully saturated rings. The number of urea groups is 1. The summed E-state index contributed by atoms with van der Waals surface area (Å²) in [6.07, 6.45) is 0. The third-order valence-electron chi connectivity index (χ3n) is 4.97. The minimum absolute atomic E-state index is 0.0680.